The van der Waals surface area contributed by atoms with Crippen molar-refractivity contribution in [2.75, 3.05) is 6.54 Å². The highest BCUT2D eigenvalue weighted by Crippen LogP contribution is 2.32. The molecule has 0 saturated carbocycles. The van der Waals surface area contributed by atoms with Crippen molar-refractivity contribution in [3.63, 3.8) is 0 Å². The monoisotopic (exact) mass is 337 g/mol. The number of carbonyl (C=O) groups excluding carboxylic acids is 2. The van der Waals surface area contributed by atoms with E-state index in [1.165, 1.54) is 30.5 Å². The van der Waals surface area contributed by atoms with Crippen LogP contribution in [0.15, 0.2) is 45.9 Å². The number of nitrogens with zero attached hydrogens (tertiary/aromatic N) is 2. The molecule has 1 fully saturated rings. The molecule has 124 valence electrons. The Bertz CT molecular complexity index is 827. The maximum Gasteiger partial charge on any atom is 0.416 e. The van der Waals surface area contributed by atoms with Crippen LogP contribution in [-0.4, -0.2) is 29.7 Å². The van der Waals surface area contributed by atoms with E-state index in [1.54, 1.807) is 0 Å². The molecule has 3 rings (SSSR count). The van der Waals surface area contributed by atoms with E-state index >= 15 is 0 Å². The van der Waals surface area contributed by atoms with Gasteiger partial charge in [0.25, 0.3) is 0 Å². The highest BCUT2D eigenvalue weighted by atomic mass is 19.4. The molecule has 6 nitrogen and oxygen atoms in total. The molecular weight excluding hydrogens is 327 g/mol. The Balaban J connectivity index is 1.79. The van der Waals surface area contributed by atoms with Gasteiger partial charge in [-0.2, -0.15) is 18.3 Å². The summed E-state index contributed by atoms with van der Waals surface area (Å²) in [4.78, 5) is 22.3. The largest absolute Gasteiger partial charge is 0.455 e. The summed E-state index contributed by atoms with van der Waals surface area (Å²) in [7, 11) is 0. The lowest BCUT2D eigenvalue weighted by Crippen LogP contribution is -2.24. The molecule has 1 aromatic carbocycles. The topological polar surface area (TPSA) is 74.9 Å². The number of amides is 3. The minimum Gasteiger partial charge on any atom is -0.455 e. The molecule has 0 unspecified atom stereocenters. The van der Waals surface area contributed by atoms with Crippen molar-refractivity contribution in [2.24, 2.45) is 5.10 Å². The summed E-state index contributed by atoms with van der Waals surface area (Å²) >= 11 is 0. The molecule has 1 aliphatic rings. The summed E-state index contributed by atoms with van der Waals surface area (Å²) < 4.78 is 43.6. The van der Waals surface area contributed by atoms with Gasteiger partial charge in [0.1, 0.15) is 18.1 Å². The van der Waals surface area contributed by atoms with Crippen molar-refractivity contribution >= 4 is 18.2 Å². The molecule has 0 atom stereocenters. The molecule has 3 amide bonds. The Kier molecular flexibility index (Phi) is 3.84. The molecule has 1 N–H and O–H groups in total. The van der Waals surface area contributed by atoms with Crippen molar-refractivity contribution in [3.05, 3.63) is 47.7 Å². The average molecular weight is 337 g/mol. The number of rotatable bonds is 3. The zero-order valence-corrected chi connectivity index (χ0v) is 12.0. The predicted octanol–water partition coefficient (Wildman–Crippen LogP) is 2.85. The molecule has 0 aliphatic carbocycles. The van der Waals surface area contributed by atoms with Gasteiger partial charge in [-0.3, -0.25) is 10.1 Å². The van der Waals surface area contributed by atoms with Crippen LogP contribution in [0.2, 0.25) is 0 Å². The molecule has 1 saturated heterocycles. The summed E-state index contributed by atoms with van der Waals surface area (Å²) in [5.41, 5.74) is -0.516. The number of benzene rings is 1. The van der Waals surface area contributed by atoms with Crippen molar-refractivity contribution in [2.45, 2.75) is 6.18 Å². The third-order valence-corrected chi connectivity index (χ3v) is 3.20. The van der Waals surface area contributed by atoms with Gasteiger partial charge in [0.15, 0.2) is 0 Å². The lowest BCUT2D eigenvalue weighted by atomic mass is 10.1. The summed E-state index contributed by atoms with van der Waals surface area (Å²) in [5, 5.41) is 6.75. The highest BCUT2D eigenvalue weighted by molar-refractivity contribution is 6.02. The Morgan fingerprint density at radius 3 is 2.67 bits per heavy atom. The number of nitrogens with one attached hydrogen (secondary N) is 1. The second-order valence-corrected chi connectivity index (χ2v) is 4.94. The van der Waals surface area contributed by atoms with E-state index in [2.05, 4.69) is 10.4 Å². The Labute approximate surface area is 133 Å². The van der Waals surface area contributed by atoms with Gasteiger partial charge >= 0.3 is 12.2 Å². The SMILES string of the molecule is O=C1CN(/N=C\c2ccc(-c3cccc(C(F)(F)F)c3)o2)C(=O)N1. The number of hydrogen-bond donors (Lipinski definition) is 1. The second-order valence-electron chi connectivity index (χ2n) is 4.94. The molecule has 9 heteroatoms. The molecule has 2 aromatic rings. The standard InChI is InChI=1S/C15H10F3N3O3/c16-15(17,18)10-3-1-2-9(6-10)12-5-4-11(24-12)7-19-21-8-13(22)20-14(21)23/h1-7H,8H2,(H,20,22,23)/b19-7-. The lowest BCUT2D eigenvalue weighted by Gasteiger charge is -2.07. The number of urea groups is 1. The van der Waals surface area contributed by atoms with E-state index in [-0.39, 0.29) is 23.6 Å². The number of halogens is 3. The number of furan rings is 1. The number of alkyl halides is 3. The van der Waals surface area contributed by atoms with Crippen LogP contribution in [0.3, 0.4) is 0 Å². The first-order valence-electron chi connectivity index (χ1n) is 6.76. The number of carbonyl (C=O) groups is 2. The van der Waals surface area contributed by atoms with E-state index in [0.717, 1.165) is 17.1 Å². The zero-order valence-electron chi connectivity index (χ0n) is 12.0. The third kappa shape index (κ3) is 3.29. The van der Waals surface area contributed by atoms with Gasteiger partial charge in [0.05, 0.1) is 11.8 Å². The molecule has 0 radical (unpaired) electrons. The van der Waals surface area contributed by atoms with Crippen LogP contribution in [-0.2, 0) is 11.0 Å². The van der Waals surface area contributed by atoms with Gasteiger partial charge in [-0.1, -0.05) is 12.1 Å². The zero-order chi connectivity index (χ0) is 17.3. The van der Waals surface area contributed by atoms with Crippen molar-refractivity contribution in [1.29, 1.82) is 0 Å². The fourth-order valence-corrected chi connectivity index (χ4v) is 2.08. The summed E-state index contributed by atoms with van der Waals surface area (Å²) in [6, 6.07) is 7.06. The second kappa shape index (κ2) is 5.84. The first-order chi connectivity index (χ1) is 11.3. The summed E-state index contributed by atoms with van der Waals surface area (Å²) in [5.74, 6) is -0.0136. The minimum atomic E-state index is -4.44. The van der Waals surface area contributed by atoms with Gasteiger partial charge in [-0.05, 0) is 24.3 Å². The average Bonchev–Trinajstić information content (AvgIpc) is 3.11. The van der Waals surface area contributed by atoms with E-state index in [0.29, 0.717) is 0 Å². The third-order valence-electron chi connectivity index (χ3n) is 3.20. The number of hydrogen-bond acceptors (Lipinski definition) is 4. The van der Waals surface area contributed by atoms with Crippen LogP contribution in [0, 0.1) is 0 Å². The number of imide groups is 1. The van der Waals surface area contributed by atoms with Crippen LogP contribution in [0.5, 0.6) is 0 Å². The Morgan fingerprint density at radius 2 is 2.00 bits per heavy atom. The highest BCUT2D eigenvalue weighted by Gasteiger charge is 2.30. The summed E-state index contributed by atoms with van der Waals surface area (Å²) in [6.07, 6.45) is -3.24. The smallest absolute Gasteiger partial charge is 0.416 e. The molecule has 24 heavy (non-hydrogen) atoms. The fourth-order valence-electron chi connectivity index (χ4n) is 2.08. The Hall–Kier alpha value is -3.10. The van der Waals surface area contributed by atoms with E-state index < -0.39 is 23.7 Å². The van der Waals surface area contributed by atoms with E-state index in [9.17, 15) is 22.8 Å². The first kappa shape index (κ1) is 15.8. The first-order valence-corrected chi connectivity index (χ1v) is 6.76. The van der Waals surface area contributed by atoms with Gasteiger partial charge in [-0.25, -0.2) is 9.80 Å². The van der Waals surface area contributed by atoms with Crippen molar-refractivity contribution < 1.29 is 27.2 Å². The number of hydrazone groups is 1. The summed E-state index contributed by atoms with van der Waals surface area (Å²) in [6.45, 7) is -0.198. The Morgan fingerprint density at radius 1 is 1.21 bits per heavy atom. The van der Waals surface area contributed by atoms with Gasteiger partial charge in [0, 0.05) is 5.56 Å². The maximum atomic E-state index is 12.7. The maximum absolute atomic E-state index is 12.7. The van der Waals surface area contributed by atoms with Gasteiger partial charge < -0.3 is 4.42 Å². The van der Waals surface area contributed by atoms with Crippen LogP contribution in [0.4, 0.5) is 18.0 Å². The van der Waals surface area contributed by atoms with Crippen molar-refractivity contribution in [1.82, 2.24) is 10.3 Å². The molecule has 1 aliphatic heterocycles. The quantitative estimate of drug-likeness (QED) is 0.691. The van der Waals surface area contributed by atoms with E-state index in [4.69, 9.17) is 4.42 Å². The molecule has 0 bridgehead atoms. The predicted molar refractivity (Wildman–Crippen MR) is 77.0 cm³/mol. The minimum absolute atomic E-state index is 0.198. The van der Waals surface area contributed by atoms with Gasteiger partial charge in [-0.15, -0.1) is 0 Å². The molecular formula is C15H10F3N3O3. The van der Waals surface area contributed by atoms with Crippen LogP contribution in [0.25, 0.3) is 11.3 Å². The van der Waals surface area contributed by atoms with Crippen LogP contribution < -0.4 is 5.32 Å². The lowest BCUT2D eigenvalue weighted by molar-refractivity contribution is -0.137. The van der Waals surface area contributed by atoms with Crippen LogP contribution >= 0.6 is 0 Å². The molecule has 1 aromatic heterocycles. The van der Waals surface area contributed by atoms with Crippen molar-refractivity contribution in [3.8, 4) is 11.3 Å². The fraction of sp³-hybridized carbons (Fsp3) is 0.133. The van der Waals surface area contributed by atoms with Crippen LogP contribution in [0.1, 0.15) is 11.3 Å². The molecule has 2 heterocycles. The normalized spacial score (nSPS) is 15.4. The van der Waals surface area contributed by atoms with Gasteiger partial charge in [0.2, 0.25) is 5.91 Å². The van der Waals surface area contributed by atoms with E-state index in [1.807, 2.05) is 0 Å². The molecule has 0 spiro atoms.